The van der Waals surface area contributed by atoms with Crippen LogP contribution in [-0.4, -0.2) is 43.6 Å². The van der Waals surface area contributed by atoms with Gasteiger partial charge in [0.25, 0.3) is 5.91 Å². The lowest BCUT2D eigenvalue weighted by Crippen LogP contribution is -2.40. The molecule has 2 aromatic rings. The molecule has 1 aliphatic heterocycles. The quantitative estimate of drug-likeness (QED) is 0.731. The number of hydrogen-bond acceptors (Lipinski definition) is 5. The predicted molar refractivity (Wildman–Crippen MR) is 109 cm³/mol. The summed E-state index contributed by atoms with van der Waals surface area (Å²) in [6, 6.07) is 8.24. The number of carbonyl (C=O) groups excluding carboxylic acids is 2. The number of likely N-dealkylation sites (tertiary alicyclic amines) is 1. The summed E-state index contributed by atoms with van der Waals surface area (Å²) in [5.41, 5.74) is 3.75. The van der Waals surface area contributed by atoms with E-state index in [-0.39, 0.29) is 17.8 Å². The van der Waals surface area contributed by atoms with Crippen LogP contribution < -0.4 is 4.74 Å². The summed E-state index contributed by atoms with van der Waals surface area (Å²) in [7, 11) is 1.68. The van der Waals surface area contributed by atoms with Crippen LogP contribution in [0, 0.1) is 5.92 Å². The van der Waals surface area contributed by atoms with Crippen LogP contribution in [0.5, 0.6) is 5.75 Å². The summed E-state index contributed by atoms with van der Waals surface area (Å²) in [5, 5.41) is 0. The van der Waals surface area contributed by atoms with Gasteiger partial charge < -0.3 is 14.4 Å². The summed E-state index contributed by atoms with van der Waals surface area (Å²) in [6.07, 6.45) is 3.27. The fraction of sp³-hybridized carbons (Fsp3) is 0.455. The lowest BCUT2D eigenvalue weighted by Gasteiger charge is -2.30. The van der Waals surface area contributed by atoms with Crippen molar-refractivity contribution >= 4 is 23.2 Å². The number of fused-ring (bicyclic) bond motifs is 3. The molecule has 5 nitrogen and oxygen atoms in total. The molecule has 28 heavy (non-hydrogen) atoms. The fourth-order valence-corrected chi connectivity index (χ4v) is 5.32. The molecule has 1 aliphatic carbocycles. The third-order valence-electron chi connectivity index (χ3n) is 5.64. The molecule has 2 aliphatic rings. The SMILES string of the molecule is CCOC(=O)C1CCN(C(=O)c2cc3c(s2)-c2ccc(OC)cc2CC3)CC1. The third-order valence-corrected chi connectivity index (χ3v) is 6.84. The molecule has 148 valence electrons. The average Bonchev–Trinajstić information content (AvgIpc) is 3.17. The number of esters is 1. The molecule has 1 amide bonds. The zero-order chi connectivity index (χ0) is 19.7. The van der Waals surface area contributed by atoms with Gasteiger partial charge in [-0.25, -0.2) is 0 Å². The van der Waals surface area contributed by atoms with E-state index < -0.39 is 0 Å². The number of ether oxygens (including phenoxy) is 2. The Morgan fingerprint density at radius 2 is 1.89 bits per heavy atom. The lowest BCUT2D eigenvalue weighted by atomic mass is 9.91. The van der Waals surface area contributed by atoms with E-state index in [0.717, 1.165) is 23.5 Å². The number of methoxy groups -OCH3 is 1. The highest BCUT2D eigenvalue weighted by Crippen LogP contribution is 2.41. The van der Waals surface area contributed by atoms with E-state index in [1.54, 1.807) is 18.4 Å². The number of amides is 1. The van der Waals surface area contributed by atoms with E-state index in [2.05, 4.69) is 18.2 Å². The van der Waals surface area contributed by atoms with Crippen LogP contribution >= 0.6 is 11.3 Å². The molecule has 4 rings (SSSR count). The largest absolute Gasteiger partial charge is 0.497 e. The minimum atomic E-state index is -0.131. The molecule has 0 N–H and O–H groups in total. The summed E-state index contributed by atoms with van der Waals surface area (Å²) >= 11 is 1.58. The fourth-order valence-electron chi connectivity index (χ4n) is 4.08. The Kier molecular flexibility index (Phi) is 5.40. The number of carbonyl (C=O) groups is 2. The smallest absolute Gasteiger partial charge is 0.309 e. The molecule has 6 heteroatoms. The van der Waals surface area contributed by atoms with Crippen molar-refractivity contribution in [3.63, 3.8) is 0 Å². The Balaban J connectivity index is 1.49. The second-order valence-corrected chi connectivity index (χ2v) is 8.36. The van der Waals surface area contributed by atoms with Crippen molar-refractivity contribution in [2.45, 2.75) is 32.6 Å². The summed E-state index contributed by atoms with van der Waals surface area (Å²) in [5.74, 6) is 0.743. The molecule has 1 saturated heterocycles. The van der Waals surface area contributed by atoms with Gasteiger partial charge in [0.1, 0.15) is 5.75 Å². The molecule has 0 saturated carbocycles. The molecule has 0 unspecified atom stereocenters. The van der Waals surface area contributed by atoms with Gasteiger partial charge in [0.05, 0.1) is 24.5 Å². The van der Waals surface area contributed by atoms with Gasteiger partial charge in [-0.15, -0.1) is 11.3 Å². The van der Waals surface area contributed by atoms with Crippen molar-refractivity contribution in [1.82, 2.24) is 4.90 Å². The van der Waals surface area contributed by atoms with Crippen molar-refractivity contribution < 1.29 is 19.1 Å². The Hall–Kier alpha value is -2.34. The molecular weight excluding hydrogens is 374 g/mol. The van der Waals surface area contributed by atoms with Gasteiger partial charge in [-0.3, -0.25) is 9.59 Å². The van der Waals surface area contributed by atoms with Crippen molar-refractivity contribution in [2.24, 2.45) is 5.92 Å². The standard InChI is InChI=1S/C22H25NO4S/c1-3-27-22(25)14-8-10-23(11-9-14)21(24)19-13-16-5-4-15-12-17(26-2)6-7-18(15)20(16)28-19/h6-7,12-14H,3-5,8-11H2,1-2H3. The average molecular weight is 400 g/mol. The molecule has 1 fully saturated rings. The highest BCUT2D eigenvalue weighted by molar-refractivity contribution is 7.17. The summed E-state index contributed by atoms with van der Waals surface area (Å²) in [4.78, 5) is 28.8. The van der Waals surface area contributed by atoms with E-state index in [9.17, 15) is 9.59 Å². The molecule has 0 atom stereocenters. The Morgan fingerprint density at radius 1 is 1.14 bits per heavy atom. The van der Waals surface area contributed by atoms with Gasteiger partial charge in [-0.2, -0.15) is 0 Å². The Bertz CT molecular complexity index is 896. The zero-order valence-electron chi connectivity index (χ0n) is 16.3. The van der Waals surface area contributed by atoms with E-state index in [1.165, 1.54) is 21.6 Å². The number of piperidine rings is 1. The van der Waals surface area contributed by atoms with Gasteiger partial charge in [0.2, 0.25) is 0 Å². The van der Waals surface area contributed by atoms with Crippen LogP contribution in [-0.2, 0) is 22.4 Å². The number of nitrogens with zero attached hydrogens (tertiary/aromatic N) is 1. The molecule has 0 radical (unpaired) electrons. The summed E-state index contributed by atoms with van der Waals surface area (Å²) in [6.45, 7) is 3.45. The zero-order valence-corrected chi connectivity index (χ0v) is 17.1. The maximum Gasteiger partial charge on any atom is 0.309 e. The van der Waals surface area contributed by atoms with Gasteiger partial charge in [0, 0.05) is 18.0 Å². The van der Waals surface area contributed by atoms with E-state index in [1.807, 2.05) is 17.9 Å². The number of thiophene rings is 1. The number of benzene rings is 1. The minimum absolute atomic E-state index is 0.0803. The van der Waals surface area contributed by atoms with E-state index >= 15 is 0 Å². The van der Waals surface area contributed by atoms with Crippen LogP contribution in [0.1, 0.15) is 40.6 Å². The molecule has 0 spiro atoms. The van der Waals surface area contributed by atoms with Gasteiger partial charge in [-0.05, 0) is 73.6 Å². The highest BCUT2D eigenvalue weighted by atomic mass is 32.1. The van der Waals surface area contributed by atoms with Crippen LogP contribution in [0.4, 0.5) is 0 Å². The van der Waals surface area contributed by atoms with Crippen molar-refractivity contribution in [1.29, 1.82) is 0 Å². The predicted octanol–water partition coefficient (Wildman–Crippen LogP) is 3.94. The van der Waals surface area contributed by atoms with Crippen LogP contribution in [0.15, 0.2) is 24.3 Å². The first-order valence-electron chi connectivity index (χ1n) is 9.86. The normalized spacial score (nSPS) is 16.3. The first-order chi connectivity index (χ1) is 13.6. The third kappa shape index (κ3) is 3.53. The molecule has 1 aromatic heterocycles. The Labute approximate surface area is 169 Å². The van der Waals surface area contributed by atoms with Crippen LogP contribution in [0.3, 0.4) is 0 Å². The molecule has 2 heterocycles. The molecule has 0 bridgehead atoms. The Morgan fingerprint density at radius 3 is 2.61 bits per heavy atom. The second-order valence-electron chi connectivity index (χ2n) is 7.31. The lowest BCUT2D eigenvalue weighted by molar-refractivity contribution is -0.149. The van der Waals surface area contributed by atoms with Gasteiger partial charge in [0.15, 0.2) is 0 Å². The maximum atomic E-state index is 13.0. The monoisotopic (exact) mass is 399 g/mol. The van der Waals surface area contributed by atoms with Crippen molar-refractivity contribution in [3.05, 3.63) is 40.3 Å². The topological polar surface area (TPSA) is 55.8 Å². The number of hydrogen-bond donors (Lipinski definition) is 0. The van der Waals surface area contributed by atoms with Crippen LogP contribution in [0.2, 0.25) is 0 Å². The second kappa shape index (κ2) is 7.95. The highest BCUT2D eigenvalue weighted by Gasteiger charge is 2.30. The maximum absolute atomic E-state index is 13.0. The first kappa shape index (κ1) is 19.0. The van der Waals surface area contributed by atoms with Crippen LogP contribution in [0.25, 0.3) is 10.4 Å². The number of aryl methyl sites for hydroxylation is 2. The van der Waals surface area contributed by atoms with E-state index in [4.69, 9.17) is 9.47 Å². The molecular formula is C22H25NO4S. The van der Waals surface area contributed by atoms with E-state index in [0.29, 0.717) is 32.5 Å². The van der Waals surface area contributed by atoms with Gasteiger partial charge in [-0.1, -0.05) is 0 Å². The molecule has 1 aromatic carbocycles. The van der Waals surface area contributed by atoms with Crippen molar-refractivity contribution in [2.75, 3.05) is 26.8 Å². The number of rotatable bonds is 4. The first-order valence-corrected chi connectivity index (χ1v) is 10.7. The van der Waals surface area contributed by atoms with Crippen molar-refractivity contribution in [3.8, 4) is 16.2 Å². The van der Waals surface area contributed by atoms with Gasteiger partial charge >= 0.3 is 5.97 Å². The summed E-state index contributed by atoms with van der Waals surface area (Å²) < 4.78 is 10.5. The minimum Gasteiger partial charge on any atom is -0.497 e.